The minimum Gasteiger partial charge on any atom is -0.355 e. The second-order valence-electron chi connectivity index (χ2n) is 4.03. The average Bonchev–Trinajstić information content (AvgIpc) is 2.74. The van der Waals surface area contributed by atoms with Crippen molar-refractivity contribution in [3.63, 3.8) is 0 Å². The summed E-state index contributed by atoms with van der Waals surface area (Å²) in [6.07, 6.45) is 0.500. The summed E-state index contributed by atoms with van der Waals surface area (Å²) in [6, 6.07) is 0.995. The Labute approximate surface area is 104 Å². The van der Waals surface area contributed by atoms with Crippen molar-refractivity contribution in [3.8, 4) is 0 Å². The predicted molar refractivity (Wildman–Crippen MR) is 65.5 cm³/mol. The van der Waals surface area contributed by atoms with Gasteiger partial charge in [-0.3, -0.25) is 4.79 Å². The number of carbonyl (C=O) groups is 1. The lowest BCUT2D eigenvalue weighted by Gasteiger charge is -2.10. The molecule has 1 aromatic rings. The fourth-order valence-corrected chi connectivity index (χ4v) is 4.62. The Kier molecular flexibility index (Phi) is 3.24. The Hall–Kier alpha value is -0.920. The van der Waals surface area contributed by atoms with Gasteiger partial charge >= 0.3 is 0 Å². The van der Waals surface area contributed by atoms with Gasteiger partial charge in [-0.2, -0.15) is 4.72 Å². The summed E-state index contributed by atoms with van der Waals surface area (Å²) >= 11 is 1.44. The molecule has 94 valence electrons. The van der Waals surface area contributed by atoms with Crippen LogP contribution in [0.25, 0.3) is 0 Å². The number of nitrogens with one attached hydrogen (secondary N) is 2. The Balaban J connectivity index is 2.25. The molecule has 1 amide bonds. The maximum Gasteiger partial charge on any atom is 0.242 e. The normalized spacial score (nSPS) is 20.6. The molecule has 1 aliphatic heterocycles. The average molecular weight is 274 g/mol. The van der Waals surface area contributed by atoms with Gasteiger partial charge in [-0.25, -0.2) is 8.42 Å². The molecule has 1 fully saturated rings. The van der Waals surface area contributed by atoms with Crippen LogP contribution in [0.1, 0.15) is 16.2 Å². The highest BCUT2D eigenvalue weighted by molar-refractivity contribution is 7.89. The van der Waals surface area contributed by atoms with Gasteiger partial charge in [0.2, 0.25) is 15.9 Å². The van der Waals surface area contributed by atoms with Gasteiger partial charge in [0.25, 0.3) is 0 Å². The first kappa shape index (κ1) is 12.5. The number of hydrogen-bond acceptors (Lipinski definition) is 4. The first-order valence-corrected chi connectivity index (χ1v) is 7.57. The van der Waals surface area contributed by atoms with Crippen molar-refractivity contribution in [2.45, 2.75) is 31.2 Å². The van der Waals surface area contributed by atoms with Crippen molar-refractivity contribution in [2.24, 2.45) is 0 Å². The van der Waals surface area contributed by atoms with Crippen molar-refractivity contribution in [3.05, 3.63) is 15.8 Å². The SMILES string of the molecule is Cc1cc(S(=O)(=O)N[C@H]2CCNC2=O)c(C)s1. The zero-order chi connectivity index (χ0) is 12.6. The number of hydrogen-bond donors (Lipinski definition) is 2. The number of carbonyl (C=O) groups excluding carboxylic acids is 1. The molecule has 2 rings (SSSR count). The van der Waals surface area contributed by atoms with Gasteiger partial charge in [0, 0.05) is 16.3 Å². The van der Waals surface area contributed by atoms with Crippen LogP contribution in [-0.2, 0) is 14.8 Å². The topological polar surface area (TPSA) is 75.3 Å². The van der Waals surface area contributed by atoms with Crippen LogP contribution in [-0.4, -0.2) is 26.9 Å². The minimum absolute atomic E-state index is 0.252. The molecular formula is C10H14N2O3S2. The molecule has 0 bridgehead atoms. The summed E-state index contributed by atoms with van der Waals surface area (Å²) in [5.74, 6) is -0.252. The molecule has 0 spiro atoms. The van der Waals surface area contributed by atoms with Crippen LogP contribution < -0.4 is 10.0 Å². The summed E-state index contributed by atoms with van der Waals surface area (Å²) in [5.41, 5.74) is 0. The van der Waals surface area contributed by atoms with Crippen LogP contribution in [0.3, 0.4) is 0 Å². The smallest absolute Gasteiger partial charge is 0.242 e. The highest BCUT2D eigenvalue weighted by Crippen LogP contribution is 2.25. The van der Waals surface area contributed by atoms with Gasteiger partial charge < -0.3 is 5.32 Å². The first-order chi connectivity index (χ1) is 7.90. The van der Waals surface area contributed by atoms with Crippen LogP contribution in [0, 0.1) is 13.8 Å². The minimum atomic E-state index is -3.59. The number of thiophene rings is 1. The van der Waals surface area contributed by atoms with Gasteiger partial charge in [-0.1, -0.05) is 0 Å². The summed E-state index contributed by atoms with van der Waals surface area (Å²) in [7, 11) is -3.59. The lowest BCUT2D eigenvalue weighted by molar-refractivity contribution is -0.120. The van der Waals surface area contributed by atoms with E-state index in [0.29, 0.717) is 13.0 Å². The van der Waals surface area contributed by atoms with Crippen LogP contribution in [0.15, 0.2) is 11.0 Å². The molecule has 0 aliphatic carbocycles. The molecule has 0 aromatic carbocycles. The third-order valence-corrected chi connectivity index (χ3v) is 5.32. The highest BCUT2D eigenvalue weighted by atomic mass is 32.2. The van der Waals surface area contributed by atoms with Gasteiger partial charge in [0.1, 0.15) is 6.04 Å². The fourth-order valence-electron chi connectivity index (χ4n) is 1.83. The lowest BCUT2D eigenvalue weighted by Crippen LogP contribution is -2.40. The van der Waals surface area contributed by atoms with Crippen molar-refractivity contribution in [1.82, 2.24) is 10.0 Å². The number of aryl methyl sites for hydroxylation is 2. The lowest BCUT2D eigenvalue weighted by atomic mass is 10.3. The van der Waals surface area contributed by atoms with Crippen molar-refractivity contribution in [2.75, 3.05) is 6.54 Å². The molecule has 2 N–H and O–H groups in total. The van der Waals surface area contributed by atoms with E-state index in [0.717, 1.165) is 9.75 Å². The van der Waals surface area contributed by atoms with Gasteiger partial charge in [0.05, 0.1) is 4.90 Å². The maximum atomic E-state index is 12.1. The summed E-state index contributed by atoms with van der Waals surface area (Å²) < 4.78 is 26.6. The van der Waals surface area contributed by atoms with E-state index in [-0.39, 0.29) is 10.8 Å². The summed E-state index contributed by atoms with van der Waals surface area (Å²) in [6.45, 7) is 4.15. The molecule has 0 radical (unpaired) electrons. The molecule has 5 nitrogen and oxygen atoms in total. The van der Waals surface area contributed by atoms with E-state index in [1.54, 1.807) is 13.0 Å². The fraction of sp³-hybridized carbons (Fsp3) is 0.500. The van der Waals surface area contributed by atoms with Crippen LogP contribution in [0.2, 0.25) is 0 Å². The Morgan fingerprint density at radius 3 is 2.65 bits per heavy atom. The van der Waals surface area contributed by atoms with Gasteiger partial charge in [-0.05, 0) is 26.3 Å². The molecule has 1 saturated heterocycles. The molecule has 0 saturated carbocycles. The third kappa shape index (κ3) is 2.51. The van der Waals surface area contributed by atoms with Crippen molar-refractivity contribution < 1.29 is 13.2 Å². The molecule has 1 aliphatic rings. The van der Waals surface area contributed by atoms with Crippen LogP contribution >= 0.6 is 11.3 Å². The maximum absolute atomic E-state index is 12.1. The molecule has 17 heavy (non-hydrogen) atoms. The second-order valence-corrected chi connectivity index (χ2v) is 7.17. The molecule has 7 heteroatoms. The van der Waals surface area contributed by atoms with Gasteiger partial charge in [0.15, 0.2) is 0 Å². The van der Waals surface area contributed by atoms with Crippen molar-refractivity contribution in [1.29, 1.82) is 0 Å². The molecular weight excluding hydrogens is 260 g/mol. The number of amides is 1. The van der Waals surface area contributed by atoms with Gasteiger partial charge in [-0.15, -0.1) is 11.3 Å². The van der Waals surface area contributed by atoms with E-state index in [4.69, 9.17) is 0 Å². The Morgan fingerprint density at radius 2 is 2.18 bits per heavy atom. The third-order valence-electron chi connectivity index (χ3n) is 2.63. The molecule has 1 aromatic heterocycles. The standard InChI is InChI=1S/C10H14N2O3S2/c1-6-5-9(7(2)16-6)17(14,15)12-8-3-4-11-10(8)13/h5,8,12H,3-4H2,1-2H3,(H,11,13)/t8-/m0/s1. The highest BCUT2D eigenvalue weighted by Gasteiger charge is 2.30. The summed E-state index contributed by atoms with van der Waals surface area (Å²) in [4.78, 5) is 13.3. The molecule has 2 heterocycles. The monoisotopic (exact) mass is 274 g/mol. The molecule has 1 atom stereocenters. The quantitative estimate of drug-likeness (QED) is 0.844. The number of sulfonamides is 1. The van der Waals surface area contributed by atoms with E-state index in [9.17, 15) is 13.2 Å². The first-order valence-electron chi connectivity index (χ1n) is 5.27. The second kappa shape index (κ2) is 4.40. The van der Waals surface area contributed by atoms with E-state index >= 15 is 0 Å². The van der Waals surface area contributed by atoms with E-state index in [1.807, 2.05) is 6.92 Å². The predicted octanol–water partition coefficient (Wildman–Crippen LogP) is 0.532. The van der Waals surface area contributed by atoms with E-state index < -0.39 is 16.1 Å². The zero-order valence-electron chi connectivity index (χ0n) is 9.61. The summed E-state index contributed by atoms with van der Waals surface area (Å²) in [5, 5.41) is 2.60. The van der Waals surface area contributed by atoms with Crippen LogP contribution in [0.4, 0.5) is 0 Å². The Morgan fingerprint density at radius 1 is 1.47 bits per heavy atom. The Bertz CT molecular complexity index is 548. The molecule has 0 unspecified atom stereocenters. The van der Waals surface area contributed by atoms with E-state index in [2.05, 4.69) is 10.0 Å². The largest absolute Gasteiger partial charge is 0.355 e. The van der Waals surface area contributed by atoms with Crippen molar-refractivity contribution >= 4 is 27.3 Å². The van der Waals surface area contributed by atoms with Crippen LogP contribution in [0.5, 0.6) is 0 Å². The zero-order valence-corrected chi connectivity index (χ0v) is 11.2. The number of rotatable bonds is 3. The van der Waals surface area contributed by atoms with E-state index in [1.165, 1.54) is 11.3 Å².